The molecule has 2 rings (SSSR count). The smallest absolute Gasteiger partial charge is 0.270 e. The van der Waals surface area contributed by atoms with Crippen LogP contribution in [0.3, 0.4) is 0 Å². The normalized spacial score (nSPS) is 10.4. The highest BCUT2D eigenvalue weighted by Gasteiger charge is 2.08. The first-order chi connectivity index (χ1) is 8.56. The predicted molar refractivity (Wildman–Crippen MR) is 74.2 cm³/mol. The third kappa shape index (κ3) is 3.09. The van der Waals surface area contributed by atoms with Gasteiger partial charge in [-0.05, 0) is 37.6 Å². The largest absolute Gasteiger partial charge is 0.346 e. The zero-order chi connectivity index (χ0) is 13.1. The van der Waals surface area contributed by atoms with Crippen LogP contribution in [0.25, 0.3) is 0 Å². The Balaban J connectivity index is 2.00. The van der Waals surface area contributed by atoms with E-state index in [1.165, 1.54) is 16.6 Å². The lowest BCUT2D eigenvalue weighted by Crippen LogP contribution is -2.23. The number of hydrogen-bond donors (Lipinski definition) is 1. The van der Waals surface area contributed by atoms with Crippen LogP contribution in [0, 0.1) is 13.8 Å². The molecule has 3 nitrogen and oxygen atoms in total. The van der Waals surface area contributed by atoms with Crippen molar-refractivity contribution in [3.8, 4) is 0 Å². The van der Waals surface area contributed by atoms with Crippen LogP contribution in [0.2, 0.25) is 5.02 Å². The minimum absolute atomic E-state index is 0.207. The lowest BCUT2D eigenvalue weighted by atomic mass is 10.3. The van der Waals surface area contributed by atoms with Gasteiger partial charge >= 0.3 is 0 Å². The maximum absolute atomic E-state index is 11.8. The summed E-state index contributed by atoms with van der Waals surface area (Å²) < 4.78 is 0. The number of thiophene rings is 1. The lowest BCUT2D eigenvalue weighted by molar-refractivity contribution is 0.0946. The molecule has 1 N–H and O–H groups in total. The highest BCUT2D eigenvalue weighted by Crippen LogP contribution is 2.20. The quantitative estimate of drug-likeness (QED) is 0.937. The van der Waals surface area contributed by atoms with Crippen LogP contribution in [-0.2, 0) is 6.54 Å². The molecule has 0 aliphatic carbocycles. The molecule has 0 unspecified atom stereocenters. The first-order valence-corrected chi connectivity index (χ1v) is 6.71. The summed E-state index contributed by atoms with van der Waals surface area (Å²) in [6.45, 7) is 4.66. The topological polar surface area (TPSA) is 42.0 Å². The molecule has 5 heteroatoms. The van der Waals surface area contributed by atoms with E-state index in [4.69, 9.17) is 11.6 Å². The molecule has 18 heavy (non-hydrogen) atoms. The van der Waals surface area contributed by atoms with Crippen LogP contribution < -0.4 is 5.32 Å². The molecule has 2 heterocycles. The second-order valence-corrected chi connectivity index (χ2v) is 5.77. The molecule has 0 aliphatic rings. The van der Waals surface area contributed by atoms with E-state index >= 15 is 0 Å². The average Bonchev–Trinajstić information content (AvgIpc) is 2.66. The summed E-state index contributed by atoms with van der Waals surface area (Å²) in [7, 11) is 0. The Morgan fingerprint density at radius 2 is 2.22 bits per heavy atom. The van der Waals surface area contributed by atoms with Gasteiger partial charge in [0.25, 0.3) is 5.91 Å². The summed E-state index contributed by atoms with van der Waals surface area (Å²) in [6.07, 6.45) is 1.52. The summed E-state index contributed by atoms with van der Waals surface area (Å²) >= 11 is 7.51. The van der Waals surface area contributed by atoms with E-state index in [9.17, 15) is 4.79 Å². The Kier molecular flexibility index (Phi) is 3.99. The molecule has 1 amide bonds. The second-order valence-electron chi connectivity index (χ2n) is 3.99. The monoisotopic (exact) mass is 280 g/mol. The molecule has 0 saturated carbocycles. The number of carbonyl (C=O) groups excluding carboxylic acids is 1. The Bertz CT molecular complexity index is 561. The van der Waals surface area contributed by atoms with Crippen molar-refractivity contribution in [3.63, 3.8) is 0 Å². The summed E-state index contributed by atoms with van der Waals surface area (Å²) in [6, 6.07) is 5.29. The number of halogens is 1. The number of nitrogens with one attached hydrogen (secondary N) is 1. The van der Waals surface area contributed by atoms with Crippen LogP contribution in [0.5, 0.6) is 0 Å². The SMILES string of the molecule is Cc1cc(CNC(=O)c2cc(Cl)ccn2)sc1C. The van der Waals surface area contributed by atoms with Gasteiger partial charge in [0.05, 0.1) is 6.54 Å². The fraction of sp³-hybridized carbons (Fsp3) is 0.231. The number of aryl methyl sites for hydroxylation is 2. The van der Waals surface area contributed by atoms with Crippen LogP contribution in [0.1, 0.15) is 25.8 Å². The molecule has 0 spiro atoms. The van der Waals surface area contributed by atoms with E-state index in [0.717, 1.165) is 4.88 Å². The first kappa shape index (κ1) is 13.1. The van der Waals surface area contributed by atoms with Gasteiger partial charge < -0.3 is 5.32 Å². The minimum atomic E-state index is -0.207. The zero-order valence-corrected chi connectivity index (χ0v) is 11.7. The Labute approximate surface area is 115 Å². The number of amides is 1. The van der Waals surface area contributed by atoms with Gasteiger partial charge in [-0.1, -0.05) is 11.6 Å². The summed E-state index contributed by atoms with van der Waals surface area (Å²) in [5.41, 5.74) is 1.60. The van der Waals surface area contributed by atoms with Crippen LogP contribution >= 0.6 is 22.9 Å². The standard InChI is InChI=1S/C13H13ClN2OS/c1-8-5-11(18-9(8)2)7-16-13(17)12-6-10(14)3-4-15-12/h3-6H,7H2,1-2H3,(H,16,17). The number of hydrogen-bond acceptors (Lipinski definition) is 3. The van der Waals surface area contributed by atoms with Crippen molar-refractivity contribution in [2.45, 2.75) is 20.4 Å². The molecule has 0 radical (unpaired) electrons. The molecule has 0 aliphatic heterocycles. The molecule has 0 fully saturated rings. The number of aromatic nitrogens is 1. The summed E-state index contributed by atoms with van der Waals surface area (Å²) in [4.78, 5) is 18.2. The van der Waals surface area contributed by atoms with Crippen molar-refractivity contribution >= 4 is 28.8 Å². The number of nitrogens with zero attached hydrogens (tertiary/aromatic N) is 1. The molecule has 0 saturated heterocycles. The van der Waals surface area contributed by atoms with Crippen LogP contribution in [0.4, 0.5) is 0 Å². The van der Waals surface area contributed by atoms with E-state index in [1.807, 2.05) is 0 Å². The molecule has 0 aromatic carbocycles. The van der Waals surface area contributed by atoms with Gasteiger partial charge in [0, 0.05) is 21.0 Å². The third-order valence-corrected chi connectivity index (χ3v) is 3.98. The Hall–Kier alpha value is -1.39. The lowest BCUT2D eigenvalue weighted by Gasteiger charge is -2.02. The van der Waals surface area contributed by atoms with E-state index in [-0.39, 0.29) is 5.91 Å². The van der Waals surface area contributed by atoms with Crippen molar-refractivity contribution in [3.05, 3.63) is 50.4 Å². The molecular weight excluding hydrogens is 268 g/mol. The van der Waals surface area contributed by atoms with E-state index < -0.39 is 0 Å². The van der Waals surface area contributed by atoms with Crippen molar-refractivity contribution in [1.82, 2.24) is 10.3 Å². The second kappa shape index (κ2) is 5.50. The number of rotatable bonds is 3. The fourth-order valence-electron chi connectivity index (χ4n) is 1.52. The van der Waals surface area contributed by atoms with Gasteiger partial charge in [0.15, 0.2) is 0 Å². The van der Waals surface area contributed by atoms with Gasteiger partial charge in [0.2, 0.25) is 0 Å². The van der Waals surface area contributed by atoms with Crippen LogP contribution in [-0.4, -0.2) is 10.9 Å². The maximum atomic E-state index is 11.8. The zero-order valence-electron chi connectivity index (χ0n) is 10.2. The number of pyridine rings is 1. The van der Waals surface area contributed by atoms with Crippen molar-refractivity contribution < 1.29 is 4.79 Å². The first-order valence-electron chi connectivity index (χ1n) is 5.52. The highest BCUT2D eigenvalue weighted by atomic mass is 35.5. The van der Waals surface area contributed by atoms with E-state index in [2.05, 4.69) is 30.2 Å². The molecule has 2 aromatic rings. The van der Waals surface area contributed by atoms with Crippen molar-refractivity contribution in [2.75, 3.05) is 0 Å². The maximum Gasteiger partial charge on any atom is 0.270 e. The minimum Gasteiger partial charge on any atom is -0.346 e. The number of carbonyl (C=O) groups is 1. The molecule has 0 atom stereocenters. The van der Waals surface area contributed by atoms with Gasteiger partial charge in [-0.15, -0.1) is 11.3 Å². The van der Waals surface area contributed by atoms with Gasteiger partial charge in [-0.3, -0.25) is 9.78 Å². The Morgan fingerprint density at radius 3 is 2.83 bits per heavy atom. The highest BCUT2D eigenvalue weighted by molar-refractivity contribution is 7.12. The van der Waals surface area contributed by atoms with Gasteiger partial charge in [-0.25, -0.2) is 0 Å². The predicted octanol–water partition coefficient (Wildman–Crippen LogP) is 3.34. The molecule has 2 aromatic heterocycles. The molecule has 94 valence electrons. The summed E-state index contributed by atoms with van der Waals surface area (Å²) in [5, 5.41) is 3.35. The third-order valence-electron chi connectivity index (χ3n) is 2.59. The Morgan fingerprint density at radius 1 is 1.44 bits per heavy atom. The van der Waals surface area contributed by atoms with Crippen LogP contribution in [0.15, 0.2) is 24.4 Å². The van der Waals surface area contributed by atoms with Gasteiger partial charge in [-0.2, -0.15) is 0 Å². The average molecular weight is 281 g/mol. The van der Waals surface area contributed by atoms with Crippen molar-refractivity contribution in [2.24, 2.45) is 0 Å². The van der Waals surface area contributed by atoms with Gasteiger partial charge in [0.1, 0.15) is 5.69 Å². The van der Waals surface area contributed by atoms with E-state index in [0.29, 0.717) is 17.3 Å². The van der Waals surface area contributed by atoms with Crippen molar-refractivity contribution in [1.29, 1.82) is 0 Å². The summed E-state index contributed by atoms with van der Waals surface area (Å²) in [5.74, 6) is -0.207. The molecule has 0 bridgehead atoms. The molecular formula is C13H13ClN2OS. The van der Waals surface area contributed by atoms with E-state index in [1.54, 1.807) is 23.5 Å². The fourth-order valence-corrected chi connectivity index (χ4v) is 2.68.